The molecular formula is C20H26N6O4S2. The van der Waals surface area contributed by atoms with Crippen molar-refractivity contribution in [3.8, 4) is 0 Å². The first-order valence-electron chi connectivity index (χ1n) is 10.5. The fraction of sp³-hybridized carbons (Fsp3) is 0.500. The zero-order valence-electron chi connectivity index (χ0n) is 17.6. The number of tetrazole rings is 1. The summed E-state index contributed by atoms with van der Waals surface area (Å²) >= 11 is 1.29. The van der Waals surface area contributed by atoms with E-state index >= 15 is 0 Å². The van der Waals surface area contributed by atoms with Gasteiger partial charge in [-0.3, -0.25) is 4.79 Å². The zero-order chi connectivity index (χ0) is 22.4. The standard InChI is InChI=1S/C20H26N6O4S2/c27-19(16-31-20-21-22-23-26(20)15-18-7-4-13-30-18)24-9-11-25(12-10-24)32(28,29)14-8-17-5-2-1-3-6-17/h1-3,5-6,8,14,18H,4,7,9-13,15-16H2. The quantitative estimate of drug-likeness (QED) is 0.519. The van der Waals surface area contributed by atoms with E-state index in [4.69, 9.17) is 4.74 Å². The molecule has 1 atom stereocenters. The summed E-state index contributed by atoms with van der Waals surface area (Å²) in [5.41, 5.74) is 0.823. The van der Waals surface area contributed by atoms with Gasteiger partial charge in [-0.2, -0.15) is 4.31 Å². The predicted molar refractivity (Wildman–Crippen MR) is 120 cm³/mol. The molecule has 4 rings (SSSR count). The second-order valence-corrected chi connectivity index (χ2v) is 10.4. The lowest BCUT2D eigenvalue weighted by Crippen LogP contribution is -2.50. The van der Waals surface area contributed by atoms with Gasteiger partial charge in [0.05, 0.1) is 18.4 Å². The molecule has 172 valence electrons. The summed E-state index contributed by atoms with van der Waals surface area (Å²) in [5.74, 6) is 0.144. The van der Waals surface area contributed by atoms with Gasteiger partial charge in [0.2, 0.25) is 21.1 Å². The Morgan fingerprint density at radius 2 is 1.97 bits per heavy atom. The Kier molecular flexibility index (Phi) is 7.55. The van der Waals surface area contributed by atoms with Crippen LogP contribution in [0, 0.1) is 0 Å². The molecule has 1 aromatic carbocycles. The van der Waals surface area contributed by atoms with Crippen LogP contribution < -0.4 is 0 Å². The fourth-order valence-electron chi connectivity index (χ4n) is 3.62. The Morgan fingerprint density at radius 1 is 1.19 bits per heavy atom. The minimum Gasteiger partial charge on any atom is -0.376 e. The first-order valence-corrected chi connectivity index (χ1v) is 13.0. The van der Waals surface area contributed by atoms with E-state index in [1.165, 1.54) is 21.5 Å². The highest BCUT2D eigenvalue weighted by Crippen LogP contribution is 2.19. The third kappa shape index (κ3) is 5.94. The van der Waals surface area contributed by atoms with Crippen LogP contribution in [0.4, 0.5) is 0 Å². The maximum Gasteiger partial charge on any atom is 0.236 e. The number of nitrogens with zero attached hydrogens (tertiary/aromatic N) is 6. The minimum atomic E-state index is -3.53. The van der Waals surface area contributed by atoms with Crippen molar-refractivity contribution in [2.75, 3.05) is 38.5 Å². The number of amides is 1. The molecule has 0 spiro atoms. The van der Waals surface area contributed by atoms with E-state index < -0.39 is 10.0 Å². The van der Waals surface area contributed by atoms with Crippen LogP contribution in [0.25, 0.3) is 6.08 Å². The number of rotatable bonds is 8. The number of sulfonamides is 1. The average Bonchev–Trinajstić information content (AvgIpc) is 3.49. The Labute approximate surface area is 191 Å². The number of aromatic nitrogens is 4. The van der Waals surface area contributed by atoms with Crippen molar-refractivity contribution in [2.45, 2.75) is 30.6 Å². The summed E-state index contributed by atoms with van der Waals surface area (Å²) in [6.45, 7) is 2.61. The topological polar surface area (TPSA) is 111 Å². The van der Waals surface area contributed by atoms with E-state index in [1.807, 2.05) is 30.3 Å². The number of thioether (sulfide) groups is 1. The van der Waals surface area contributed by atoms with Crippen LogP contribution in [0.5, 0.6) is 0 Å². The van der Waals surface area contributed by atoms with Crippen molar-refractivity contribution in [3.63, 3.8) is 0 Å². The van der Waals surface area contributed by atoms with Crippen molar-refractivity contribution in [2.24, 2.45) is 0 Å². The van der Waals surface area contributed by atoms with Crippen LogP contribution in [0.15, 0.2) is 40.9 Å². The van der Waals surface area contributed by atoms with Crippen molar-refractivity contribution in [3.05, 3.63) is 41.3 Å². The molecule has 1 aromatic heterocycles. The van der Waals surface area contributed by atoms with Crippen LogP contribution in [0.2, 0.25) is 0 Å². The Bertz CT molecular complexity index is 1030. The van der Waals surface area contributed by atoms with E-state index in [-0.39, 0.29) is 30.9 Å². The molecule has 2 aromatic rings. The Hall–Kier alpha value is -2.28. The summed E-state index contributed by atoms with van der Waals surface area (Å²) in [6, 6.07) is 9.28. The predicted octanol–water partition coefficient (Wildman–Crippen LogP) is 1.09. The van der Waals surface area contributed by atoms with Crippen molar-refractivity contribution in [1.82, 2.24) is 29.4 Å². The van der Waals surface area contributed by atoms with Gasteiger partial charge in [-0.25, -0.2) is 13.1 Å². The first kappa shape index (κ1) is 22.9. The highest BCUT2D eigenvalue weighted by atomic mass is 32.2. The average molecular weight is 479 g/mol. The maximum atomic E-state index is 12.6. The van der Waals surface area contributed by atoms with Gasteiger partial charge in [0, 0.05) is 38.2 Å². The molecular weight excluding hydrogens is 452 g/mol. The van der Waals surface area contributed by atoms with Crippen molar-refractivity contribution >= 4 is 33.8 Å². The lowest BCUT2D eigenvalue weighted by Gasteiger charge is -2.33. The lowest BCUT2D eigenvalue weighted by molar-refractivity contribution is -0.129. The summed E-state index contributed by atoms with van der Waals surface area (Å²) in [4.78, 5) is 14.3. The van der Waals surface area contributed by atoms with Gasteiger partial charge in [0.15, 0.2) is 0 Å². The molecule has 3 heterocycles. The number of carbonyl (C=O) groups excluding carboxylic acids is 1. The molecule has 2 fully saturated rings. The second-order valence-electron chi connectivity index (χ2n) is 7.61. The van der Waals surface area contributed by atoms with Crippen LogP contribution in [-0.2, 0) is 26.1 Å². The smallest absolute Gasteiger partial charge is 0.236 e. The molecule has 0 saturated carbocycles. The number of hydrogen-bond acceptors (Lipinski definition) is 8. The number of ether oxygens (including phenoxy) is 1. The molecule has 0 aliphatic carbocycles. The van der Waals surface area contributed by atoms with Crippen LogP contribution in [0.1, 0.15) is 18.4 Å². The fourth-order valence-corrected chi connectivity index (χ4v) is 5.58. The highest BCUT2D eigenvalue weighted by Gasteiger charge is 2.28. The molecule has 10 nitrogen and oxygen atoms in total. The lowest BCUT2D eigenvalue weighted by atomic mass is 10.2. The summed E-state index contributed by atoms with van der Waals surface area (Å²) < 4.78 is 33.9. The molecule has 0 N–H and O–H groups in total. The number of hydrogen-bond donors (Lipinski definition) is 0. The van der Waals surface area contributed by atoms with E-state index in [1.54, 1.807) is 15.7 Å². The number of benzene rings is 1. The SMILES string of the molecule is O=C(CSc1nnnn1CC1CCCO1)N1CCN(S(=O)(=O)C=Cc2ccccc2)CC1. The Balaban J connectivity index is 1.25. The molecule has 32 heavy (non-hydrogen) atoms. The van der Waals surface area contributed by atoms with Gasteiger partial charge in [-0.05, 0) is 34.9 Å². The van der Waals surface area contributed by atoms with Gasteiger partial charge < -0.3 is 9.64 Å². The first-order chi connectivity index (χ1) is 15.5. The van der Waals surface area contributed by atoms with E-state index in [0.717, 1.165) is 25.0 Å². The Morgan fingerprint density at radius 3 is 2.69 bits per heavy atom. The summed E-state index contributed by atoms with van der Waals surface area (Å²) in [5, 5.41) is 13.5. The number of carbonyl (C=O) groups is 1. The minimum absolute atomic E-state index is 0.0569. The summed E-state index contributed by atoms with van der Waals surface area (Å²) in [7, 11) is -3.53. The molecule has 12 heteroatoms. The zero-order valence-corrected chi connectivity index (χ0v) is 19.2. The monoisotopic (exact) mass is 478 g/mol. The third-order valence-corrected chi connectivity index (χ3v) is 7.91. The third-order valence-electron chi connectivity index (χ3n) is 5.41. The largest absolute Gasteiger partial charge is 0.376 e. The molecule has 2 saturated heterocycles. The van der Waals surface area contributed by atoms with Gasteiger partial charge in [0.25, 0.3) is 0 Å². The van der Waals surface area contributed by atoms with E-state index in [9.17, 15) is 13.2 Å². The van der Waals surface area contributed by atoms with Gasteiger partial charge >= 0.3 is 0 Å². The highest BCUT2D eigenvalue weighted by molar-refractivity contribution is 7.99. The van der Waals surface area contributed by atoms with Crippen molar-refractivity contribution < 1.29 is 17.9 Å². The number of piperazine rings is 1. The van der Waals surface area contributed by atoms with Crippen LogP contribution in [-0.4, -0.2) is 88.4 Å². The van der Waals surface area contributed by atoms with Crippen molar-refractivity contribution in [1.29, 1.82) is 0 Å². The van der Waals surface area contributed by atoms with Crippen LogP contribution >= 0.6 is 11.8 Å². The molecule has 2 aliphatic heterocycles. The van der Waals surface area contributed by atoms with E-state index in [0.29, 0.717) is 24.8 Å². The summed E-state index contributed by atoms with van der Waals surface area (Å²) in [6.07, 6.45) is 3.72. The van der Waals surface area contributed by atoms with Gasteiger partial charge in [-0.15, -0.1) is 5.10 Å². The maximum absolute atomic E-state index is 12.6. The second kappa shape index (κ2) is 10.6. The molecule has 1 amide bonds. The van der Waals surface area contributed by atoms with Gasteiger partial charge in [0.1, 0.15) is 0 Å². The molecule has 0 bridgehead atoms. The molecule has 2 aliphatic rings. The van der Waals surface area contributed by atoms with Crippen LogP contribution in [0.3, 0.4) is 0 Å². The van der Waals surface area contributed by atoms with Gasteiger partial charge in [-0.1, -0.05) is 42.1 Å². The normalized spacial score (nSPS) is 20.2. The molecule has 0 radical (unpaired) electrons. The molecule has 1 unspecified atom stereocenters. The van der Waals surface area contributed by atoms with E-state index in [2.05, 4.69) is 15.5 Å².